The van der Waals surface area contributed by atoms with E-state index in [2.05, 4.69) is 13.8 Å². The minimum absolute atomic E-state index is 0.00806. The molecule has 0 rings (SSSR count). The van der Waals surface area contributed by atoms with Gasteiger partial charge in [0, 0.05) is 13.5 Å². The molecule has 1 amide bonds. The maximum absolute atomic E-state index is 10.8. The third-order valence-electron chi connectivity index (χ3n) is 1.33. The second kappa shape index (κ2) is 4.28. The maximum Gasteiger partial charge on any atom is 0.236 e. The summed E-state index contributed by atoms with van der Waals surface area (Å²) in [5.74, 6) is 5.79. The first-order valence-corrected chi connectivity index (χ1v) is 3.55. The Morgan fingerprint density at radius 3 is 2.40 bits per heavy atom. The van der Waals surface area contributed by atoms with E-state index < -0.39 is 0 Å². The summed E-state index contributed by atoms with van der Waals surface area (Å²) in [6.45, 7) is 4.17. The molecule has 0 bridgehead atoms. The molecule has 0 atom stereocenters. The zero-order valence-corrected chi connectivity index (χ0v) is 6.92. The molecule has 0 heterocycles. The van der Waals surface area contributed by atoms with Crippen LogP contribution in [0.3, 0.4) is 0 Å². The van der Waals surface area contributed by atoms with Crippen LogP contribution in [0.15, 0.2) is 0 Å². The molecule has 0 unspecified atom stereocenters. The standard InChI is InChI=1S/C7H16N2O/c1-6(2)4-5-7(10)9(3)8/h6H,4-5,8H2,1-3H3. The van der Waals surface area contributed by atoms with E-state index in [0.717, 1.165) is 11.4 Å². The highest BCUT2D eigenvalue weighted by atomic mass is 16.2. The summed E-state index contributed by atoms with van der Waals surface area (Å²) in [5.41, 5.74) is 0. The van der Waals surface area contributed by atoms with Crippen LogP contribution in [0.1, 0.15) is 26.7 Å². The van der Waals surface area contributed by atoms with E-state index >= 15 is 0 Å². The molecule has 0 radical (unpaired) electrons. The molecule has 0 aromatic heterocycles. The molecule has 0 saturated heterocycles. The van der Waals surface area contributed by atoms with Crippen LogP contribution in [0, 0.1) is 5.92 Å². The minimum Gasteiger partial charge on any atom is -0.284 e. The van der Waals surface area contributed by atoms with Crippen molar-refractivity contribution in [2.24, 2.45) is 11.8 Å². The predicted molar refractivity (Wildman–Crippen MR) is 41.0 cm³/mol. The third kappa shape index (κ3) is 4.32. The van der Waals surface area contributed by atoms with E-state index in [-0.39, 0.29) is 5.91 Å². The lowest BCUT2D eigenvalue weighted by atomic mass is 10.1. The molecule has 0 aromatic rings. The molecule has 0 fully saturated rings. The van der Waals surface area contributed by atoms with Gasteiger partial charge >= 0.3 is 0 Å². The Morgan fingerprint density at radius 1 is 1.60 bits per heavy atom. The van der Waals surface area contributed by atoms with Crippen LogP contribution >= 0.6 is 0 Å². The average molecular weight is 144 g/mol. The molecule has 3 heteroatoms. The van der Waals surface area contributed by atoms with E-state index in [9.17, 15) is 4.79 Å². The fraction of sp³-hybridized carbons (Fsp3) is 0.857. The van der Waals surface area contributed by atoms with Crippen LogP contribution in [0.25, 0.3) is 0 Å². The SMILES string of the molecule is CC(C)CCC(=O)N(C)N. The van der Waals surface area contributed by atoms with Crippen molar-refractivity contribution in [3.63, 3.8) is 0 Å². The van der Waals surface area contributed by atoms with Crippen molar-refractivity contribution in [3.05, 3.63) is 0 Å². The van der Waals surface area contributed by atoms with Gasteiger partial charge in [0.2, 0.25) is 5.91 Å². The second-order valence-electron chi connectivity index (χ2n) is 2.94. The lowest BCUT2D eigenvalue weighted by molar-refractivity contribution is -0.130. The number of hydrazine groups is 1. The molecule has 3 nitrogen and oxygen atoms in total. The number of hydrogen-bond acceptors (Lipinski definition) is 2. The van der Waals surface area contributed by atoms with Crippen molar-refractivity contribution in [1.29, 1.82) is 0 Å². The van der Waals surface area contributed by atoms with Gasteiger partial charge in [0.15, 0.2) is 0 Å². The van der Waals surface area contributed by atoms with Crippen LogP contribution in [0.4, 0.5) is 0 Å². The first-order chi connectivity index (χ1) is 4.54. The highest BCUT2D eigenvalue weighted by Gasteiger charge is 2.04. The Balaban J connectivity index is 3.40. The highest BCUT2D eigenvalue weighted by Crippen LogP contribution is 2.03. The molecule has 0 saturated carbocycles. The van der Waals surface area contributed by atoms with Gasteiger partial charge in [-0.1, -0.05) is 13.8 Å². The number of rotatable bonds is 3. The summed E-state index contributed by atoms with van der Waals surface area (Å²) in [5, 5.41) is 1.14. The monoisotopic (exact) mass is 144 g/mol. The van der Waals surface area contributed by atoms with Crippen molar-refractivity contribution < 1.29 is 4.79 Å². The normalized spacial score (nSPS) is 10.1. The first kappa shape index (κ1) is 9.43. The van der Waals surface area contributed by atoms with E-state index in [1.807, 2.05) is 0 Å². The van der Waals surface area contributed by atoms with Gasteiger partial charge < -0.3 is 0 Å². The highest BCUT2D eigenvalue weighted by molar-refractivity contribution is 5.75. The zero-order chi connectivity index (χ0) is 8.15. The van der Waals surface area contributed by atoms with Crippen molar-refractivity contribution in [3.8, 4) is 0 Å². The van der Waals surface area contributed by atoms with E-state index in [0.29, 0.717) is 12.3 Å². The van der Waals surface area contributed by atoms with E-state index in [1.165, 1.54) is 0 Å². The van der Waals surface area contributed by atoms with Gasteiger partial charge in [-0.2, -0.15) is 0 Å². The quantitative estimate of drug-likeness (QED) is 0.361. The van der Waals surface area contributed by atoms with Gasteiger partial charge in [0.1, 0.15) is 0 Å². The molecular formula is C7H16N2O. The number of nitrogens with two attached hydrogens (primary N) is 1. The summed E-state index contributed by atoms with van der Waals surface area (Å²) in [7, 11) is 1.57. The molecule has 60 valence electrons. The lowest BCUT2D eigenvalue weighted by Crippen LogP contribution is -2.33. The van der Waals surface area contributed by atoms with Crippen LogP contribution in [0.2, 0.25) is 0 Å². The van der Waals surface area contributed by atoms with Gasteiger partial charge in [-0.3, -0.25) is 9.80 Å². The number of hydrogen-bond donors (Lipinski definition) is 1. The molecule has 0 spiro atoms. The summed E-state index contributed by atoms with van der Waals surface area (Å²) < 4.78 is 0. The topological polar surface area (TPSA) is 46.3 Å². The predicted octanol–water partition coefficient (Wildman–Crippen LogP) is 0.755. The van der Waals surface area contributed by atoms with Gasteiger partial charge in [0.05, 0.1) is 0 Å². The summed E-state index contributed by atoms with van der Waals surface area (Å²) in [4.78, 5) is 10.8. The van der Waals surface area contributed by atoms with Crippen molar-refractivity contribution >= 4 is 5.91 Å². The largest absolute Gasteiger partial charge is 0.284 e. The zero-order valence-electron chi connectivity index (χ0n) is 6.92. The number of carbonyl (C=O) groups excluding carboxylic acids is 1. The smallest absolute Gasteiger partial charge is 0.236 e. The molecule has 0 aliphatic rings. The first-order valence-electron chi connectivity index (χ1n) is 3.55. The molecule has 2 N–H and O–H groups in total. The van der Waals surface area contributed by atoms with Crippen LogP contribution < -0.4 is 5.84 Å². The van der Waals surface area contributed by atoms with Gasteiger partial charge in [-0.25, -0.2) is 5.84 Å². The second-order valence-corrected chi connectivity index (χ2v) is 2.94. The van der Waals surface area contributed by atoms with E-state index in [1.54, 1.807) is 7.05 Å². The molecular weight excluding hydrogens is 128 g/mol. The van der Waals surface area contributed by atoms with Crippen LogP contribution in [-0.2, 0) is 4.79 Å². The number of carbonyl (C=O) groups is 1. The summed E-state index contributed by atoms with van der Waals surface area (Å²) in [6.07, 6.45) is 1.48. The Bertz CT molecular complexity index is 110. The Kier molecular flexibility index (Phi) is 4.03. The summed E-state index contributed by atoms with van der Waals surface area (Å²) >= 11 is 0. The van der Waals surface area contributed by atoms with Gasteiger partial charge in [0.25, 0.3) is 0 Å². The fourth-order valence-electron chi connectivity index (χ4n) is 0.589. The lowest BCUT2D eigenvalue weighted by Gasteiger charge is -2.10. The van der Waals surface area contributed by atoms with Crippen molar-refractivity contribution in [1.82, 2.24) is 5.01 Å². The van der Waals surface area contributed by atoms with Crippen LogP contribution in [0.5, 0.6) is 0 Å². The van der Waals surface area contributed by atoms with E-state index in [4.69, 9.17) is 5.84 Å². The maximum atomic E-state index is 10.8. The van der Waals surface area contributed by atoms with Crippen molar-refractivity contribution in [2.45, 2.75) is 26.7 Å². The van der Waals surface area contributed by atoms with Gasteiger partial charge in [-0.05, 0) is 12.3 Å². The number of amides is 1. The Hall–Kier alpha value is -0.570. The number of nitrogens with zero attached hydrogens (tertiary/aromatic N) is 1. The minimum atomic E-state index is 0.00806. The molecule has 0 aliphatic carbocycles. The molecule has 0 aliphatic heterocycles. The van der Waals surface area contributed by atoms with Gasteiger partial charge in [-0.15, -0.1) is 0 Å². The summed E-state index contributed by atoms with van der Waals surface area (Å²) in [6, 6.07) is 0. The fourth-order valence-corrected chi connectivity index (χ4v) is 0.589. The molecule has 0 aromatic carbocycles. The van der Waals surface area contributed by atoms with Crippen LogP contribution in [-0.4, -0.2) is 18.0 Å². The Morgan fingerprint density at radius 2 is 2.10 bits per heavy atom. The Labute approximate surface area is 62.2 Å². The van der Waals surface area contributed by atoms with Crippen molar-refractivity contribution in [2.75, 3.05) is 7.05 Å². The third-order valence-corrected chi connectivity index (χ3v) is 1.33. The average Bonchev–Trinajstić information content (AvgIpc) is 1.82. The molecule has 10 heavy (non-hydrogen) atoms.